The molecule has 1 aliphatic rings. The number of carbonyl (C=O) groups is 1. The largest absolute Gasteiger partial charge is 0.310 e. The van der Waals surface area contributed by atoms with Crippen LogP contribution in [0.4, 0.5) is 11.4 Å². The van der Waals surface area contributed by atoms with Crippen molar-refractivity contribution >= 4 is 40.0 Å². The van der Waals surface area contributed by atoms with Crippen molar-refractivity contribution in [3.05, 3.63) is 105 Å². The maximum Gasteiger partial charge on any atom is 0.300 e. The van der Waals surface area contributed by atoms with E-state index in [-0.39, 0.29) is 29.2 Å². The van der Waals surface area contributed by atoms with Crippen molar-refractivity contribution in [3.8, 4) is 5.69 Å². The number of benzene rings is 2. The first-order valence-electron chi connectivity index (χ1n) is 9.67. The summed E-state index contributed by atoms with van der Waals surface area (Å²) in [6.07, 6.45) is 4.98. The fraction of sp³-hybridized carbons (Fsp3) is 0.0952. The molecule has 0 saturated heterocycles. The Kier molecular flexibility index (Phi) is 7.28. The molecule has 1 aromatic heterocycles. The van der Waals surface area contributed by atoms with E-state index in [1.54, 1.807) is 12.3 Å². The molecular weight excluding hydrogens is 510 g/mol. The van der Waals surface area contributed by atoms with Crippen LogP contribution in [-0.4, -0.2) is 42.1 Å². The van der Waals surface area contributed by atoms with Crippen LogP contribution in [0, 0.1) is 20.2 Å². The quantitative estimate of drug-likeness (QED) is 0.380. The predicted octanol–water partition coefficient (Wildman–Crippen LogP) is 2.90. The summed E-state index contributed by atoms with van der Waals surface area (Å²) >= 11 is 0. The van der Waals surface area contributed by atoms with Crippen molar-refractivity contribution in [2.75, 3.05) is 0 Å². The molecule has 0 bridgehead atoms. The summed E-state index contributed by atoms with van der Waals surface area (Å²) in [5.74, 6) is -0.437. The lowest BCUT2D eigenvalue weighted by molar-refractivity contribution is -0.394. The number of nitrogens with zero attached hydrogens (tertiary/aromatic N) is 6. The van der Waals surface area contributed by atoms with Crippen LogP contribution < -0.4 is 5.73 Å². The molecule has 0 aliphatic carbocycles. The van der Waals surface area contributed by atoms with Crippen molar-refractivity contribution in [3.63, 3.8) is 0 Å². The smallest absolute Gasteiger partial charge is 0.300 e. The van der Waals surface area contributed by atoms with Crippen LogP contribution in [0.3, 0.4) is 0 Å². The van der Waals surface area contributed by atoms with E-state index in [0.29, 0.717) is 11.4 Å². The Morgan fingerprint density at radius 2 is 1.79 bits per heavy atom. The number of aliphatic imine (C=N–C) groups is 1. The van der Waals surface area contributed by atoms with Crippen LogP contribution in [0.5, 0.6) is 0 Å². The van der Waals surface area contributed by atoms with Crippen molar-refractivity contribution in [1.29, 1.82) is 0 Å². The van der Waals surface area contributed by atoms with Gasteiger partial charge in [0.15, 0.2) is 6.17 Å². The summed E-state index contributed by atoms with van der Waals surface area (Å²) in [6, 6.07) is 12.6. The third kappa shape index (κ3) is 5.05. The van der Waals surface area contributed by atoms with Gasteiger partial charge in [-0.25, -0.2) is 4.98 Å². The molecule has 34 heavy (non-hydrogen) atoms. The van der Waals surface area contributed by atoms with Crippen LogP contribution in [0.2, 0.25) is 0 Å². The Hall–Kier alpha value is -4.23. The third-order valence-electron chi connectivity index (χ3n) is 4.91. The number of allylic oxidation sites excluding steroid dienone is 1. The van der Waals surface area contributed by atoms with Crippen molar-refractivity contribution in [1.82, 2.24) is 14.5 Å². The van der Waals surface area contributed by atoms with Crippen LogP contribution in [-0.2, 0) is 11.3 Å². The van der Waals surface area contributed by atoms with E-state index in [1.165, 1.54) is 34.1 Å². The summed E-state index contributed by atoms with van der Waals surface area (Å²) in [5.41, 5.74) is 7.03. The maximum atomic E-state index is 12.7. The minimum atomic E-state index is -1.10. The zero-order valence-corrected chi connectivity index (χ0v) is 19.1. The van der Waals surface area contributed by atoms with Gasteiger partial charge in [-0.05, 0) is 17.7 Å². The van der Waals surface area contributed by atoms with Gasteiger partial charge in [0.1, 0.15) is 5.69 Å². The fourth-order valence-corrected chi connectivity index (χ4v) is 3.30. The molecule has 0 spiro atoms. The van der Waals surface area contributed by atoms with Gasteiger partial charge in [0.25, 0.3) is 17.3 Å². The zero-order valence-electron chi connectivity index (χ0n) is 17.4. The van der Waals surface area contributed by atoms with Crippen LogP contribution in [0.25, 0.3) is 5.69 Å². The first-order valence-corrected chi connectivity index (χ1v) is 9.67. The minimum Gasteiger partial charge on any atom is -0.310 e. The normalized spacial score (nSPS) is 15.3. The van der Waals surface area contributed by atoms with Crippen molar-refractivity contribution in [2.45, 2.75) is 12.7 Å². The van der Waals surface area contributed by atoms with E-state index in [2.05, 4.69) is 9.98 Å². The molecular formula is C21H18BrN7O5. The van der Waals surface area contributed by atoms with E-state index in [4.69, 9.17) is 5.73 Å². The SMILES string of the molecule is Br.NC1N=C(c2ccccc2)C=CN(Cc2cn(-c3ccc([N+](=O)[O-])cc3[N+](=O)[O-])cn2)C1=O. The number of amides is 1. The number of rotatable bonds is 6. The van der Waals surface area contributed by atoms with Gasteiger partial charge in [0.05, 0.1) is 40.2 Å². The monoisotopic (exact) mass is 527 g/mol. The number of aromatic nitrogens is 2. The molecule has 2 heterocycles. The Morgan fingerprint density at radius 1 is 1.06 bits per heavy atom. The summed E-state index contributed by atoms with van der Waals surface area (Å²) in [7, 11) is 0. The highest BCUT2D eigenvalue weighted by atomic mass is 79.9. The van der Waals surface area contributed by atoms with Crippen LogP contribution in [0.1, 0.15) is 11.3 Å². The minimum absolute atomic E-state index is 0. The predicted molar refractivity (Wildman–Crippen MR) is 128 cm³/mol. The number of imidazole rings is 1. The molecule has 4 rings (SSSR count). The summed E-state index contributed by atoms with van der Waals surface area (Å²) in [4.78, 5) is 43.5. The number of non-ortho nitro benzene ring substituents is 1. The topological polar surface area (TPSA) is 163 Å². The van der Waals surface area contributed by atoms with Gasteiger partial charge in [-0.15, -0.1) is 17.0 Å². The number of carbonyl (C=O) groups excluding carboxylic acids is 1. The molecule has 0 saturated carbocycles. The average Bonchev–Trinajstić information content (AvgIpc) is 3.23. The van der Waals surface area contributed by atoms with E-state index < -0.39 is 33.3 Å². The molecule has 3 aromatic rings. The van der Waals surface area contributed by atoms with Crippen LogP contribution >= 0.6 is 17.0 Å². The van der Waals surface area contributed by atoms with Gasteiger partial charge < -0.3 is 10.6 Å². The molecule has 1 aliphatic heterocycles. The number of nitro benzene ring substituents is 2. The maximum absolute atomic E-state index is 12.7. The first-order chi connectivity index (χ1) is 15.8. The fourth-order valence-electron chi connectivity index (χ4n) is 3.30. The lowest BCUT2D eigenvalue weighted by atomic mass is 10.1. The van der Waals surface area contributed by atoms with E-state index in [0.717, 1.165) is 11.6 Å². The molecule has 13 heteroatoms. The molecule has 1 unspecified atom stereocenters. The standard InChI is InChI=1S/C21H17N7O5.BrH/c22-20-21(29)25(9-8-17(24-20)14-4-2-1-3-5-14)11-15-12-26(13-23-15)18-7-6-16(27(30)31)10-19(18)28(32)33;/h1-10,12-13,20H,11,22H2;1H. The van der Waals surface area contributed by atoms with Gasteiger partial charge in [-0.2, -0.15) is 0 Å². The molecule has 1 amide bonds. The Balaban J connectivity index is 0.00000324. The molecule has 2 N–H and O–H groups in total. The average molecular weight is 528 g/mol. The summed E-state index contributed by atoms with van der Waals surface area (Å²) < 4.78 is 1.37. The van der Waals surface area contributed by atoms with E-state index in [1.807, 2.05) is 30.3 Å². The van der Waals surface area contributed by atoms with Crippen molar-refractivity contribution < 1.29 is 14.6 Å². The highest BCUT2D eigenvalue weighted by Gasteiger charge is 2.24. The van der Waals surface area contributed by atoms with Gasteiger partial charge >= 0.3 is 0 Å². The highest BCUT2D eigenvalue weighted by Crippen LogP contribution is 2.28. The van der Waals surface area contributed by atoms with Gasteiger partial charge in [-0.1, -0.05) is 30.3 Å². The lowest BCUT2D eigenvalue weighted by Crippen LogP contribution is -2.39. The number of nitrogens with two attached hydrogens (primary N) is 1. The Labute approximate surface area is 203 Å². The van der Waals surface area contributed by atoms with E-state index >= 15 is 0 Å². The van der Waals surface area contributed by atoms with Gasteiger partial charge in [0, 0.05) is 18.5 Å². The number of nitro groups is 2. The molecule has 2 aromatic carbocycles. The number of hydrogen-bond acceptors (Lipinski definition) is 8. The second-order valence-electron chi connectivity index (χ2n) is 7.07. The van der Waals surface area contributed by atoms with Crippen LogP contribution in [0.15, 0.2) is 78.3 Å². The van der Waals surface area contributed by atoms with Gasteiger partial charge in [0.2, 0.25) is 0 Å². The Morgan fingerprint density at radius 3 is 2.47 bits per heavy atom. The molecule has 12 nitrogen and oxygen atoms in total. The summed E-state index contributed by atoms with van der Waals surface area (Å²) in [5, 5.41) is 22.4. The lowest BCUT2D eigenvalue weighted by Gasteiger charge is -2.17. The number of hydrogen-bond donors (Lipinski definition) is 1. The van der Waals surface area contributed by atoms with Crippen molar-refractivity contribution in [2.24, 2.45) is 10.7 Å². The summed E-state index contributed by atoms with van der Waals surface area (Å²) in [6.45, 7) is 0.0500. The third-order valence-corrected chi connectivity index (χ3v) is 4.91. The van der Waals surface area contributed by atoms with Gasteiger partial charge in [-0.3, -0.25) is 34.6 Å². The first kappa shape index (κ1) is 24.4. The molecule has 1 atom stereocenters. The number of halogens is 1. The Bertz CT molecular complexity index is 1310. The van der Waals surface area contributed by atoms with E-state index in [9.17, 15) is 25.0 Å². The highest BCUT2D eigenvalue weighted by molar-refractivity contribution is 8.93. The second-order valence-corrected chi connectivity index (χ2v) is 7.07. The second kappa shape index (κ2) is 10.1. The molecule has 0 radical (unpaired) electrons. The zero-order chi connectivity index (χ0) is 23.5. The molecule has 174 valence electrons. The molecule has 0 fully saturated rings.